The van der Waals surface area contributed by atoms with E-state index >= 15 is 0 Å². The van der Waals surface area contributed by atoms with Gasteiger partial charge in [0.1, 0.15) is 5.01 Å². The Morgan fingerprint density at radius 1 is 1.20 bits per heavy atom. The van der Waals surface area contributed by atoms with Crippen molar-refractivity contribution in [2.45, 2.75) is 20.4 Å². The van der Waals surface area contributed by atoms with Gasteiger partial charge >= 0.3 is 0 Å². The number of nitrogens with zero attached hydrogens (tertiary/aromatic N) is 4. The molecular formula is C18H26IN5S. The van der Waals surface area contributed by atoms with Gasteiger partial charge in [-0.25, -0.2) is 9.98 Å². The highest BCUT2D eigenvalue weighted by Gasteiger charge is 2.19. The van der Waals surface area contributed by atoms with Crippen LogP contribution in [-0.2, 0) is 6.54 Å². The highest BCUT2D eigenvalue weighted by Crippen LogP contribution is 2.16. The maximum Gasteiger partial charge on any atom is 0.194 e. The van der Waals surface area contributed by atoms with Crippen LogP contribution in [0.1, 0.15) is 16.8 Å². The Hall–Kier alpha value is -1.35. The van der Waals surface area contributed by atoms with Crippen LogP contribution in [0.15, 0.2) is 41.5 Å². The fourth-order valence-corrected chi connectivity index (χ4v) is 3.57. The van der Waals surface area contributed by atoms with Gasteiger partial charge in [0.2, 0.25) is 0 Å². The van der Waals surface area contributed by atoms with E-state index in [1.807, 2.05) is 6.20 Å². The average Bonchev–Trinajstić information content (AvgIpc) is 3.05. The highest BCUT2D eigenvalue weighted by molar-refractivity contribution is 14.0. The van der Waals surface area contributed by atoms with E-state index in [2.05, 4.69) is 64.3 Å². The van der Waals surface area contributed by atoms with Crippen molar-refractivity contribution in [2.75, 3.05) is 37.6 Å². The molecule has 0 aliphatic carbocycles. The van der Waals surface area contributed by atoms with Gasteiger partial charge in [-0.05, 0) is 26.0 Å². The van der Waals surface area contributed by atoms with Gasteiger partial charge in [0, 0.05) is 49.5 Å². The van der Waals surface area contributed by atoms with Crippen LogP contribution in [0.3, 0.4) is 0 Å². The number of rotatable bonds is 4. The van der Waals surface area contributed by atoms with E-state index in [0.717, 1.165) is 43.7 Å². The number of aliphatic imine (C=N–C) groups is 1. The lowest BCUT2D eigenvalue weighted by molar-refractivity contribution is 0.372. The molecule has 2 aromatic rings. The zero-order chi connectivity index (χ0) is 16.8. The van der Waals surface area contributed by atoms with E-state index in [0.29, 0.717) is 6.54 Å². The van der Waals surface area contributed by atoms with E-state index in [1.54, 1.807) is 11.3 Å². The molecule has 0 unspecified atom stereocenters. The normalized spacial score (nSPS) is 15.0. The van der Waals surface area contributed by atoms with Gasteiger partial charge in [0.15, 0.2) is 5.96 Å². The number of benzene rings is 1. The van der Waals surface area contributed by atoms with E-state index in [-0.39, 0.29) is 24.0 Å². The van der Waals surface area contributed by atoms with E-state index in [4.69, 9.17) is 4.99 Å². The fourth-order valence-electron chi connectivity index (χ4n) is 2.86. The summed E-state index contributed by atoms with van der Waals surface area (Å²) in [5.74, 6) is 0.998. The lowest BCUT2D eigenvalue weighted by Gasteiger charge is -2.37. The molecule has 1 N–H and O–H groups in total. The molecule has 0 amide bonds. The minimum absolute atomic E-state index is 0. The number of aryl methyl sites for hydroxylation is 1. The molecule has 0 bridgehead atoms. The molecule has 1 aromatic heterocycles. The summed E-state index contributed by atoms with van der Waals surface area (Å²) in [5, 5.41) is 4.49. The van der Waals surface area contributed by atoms with Crippen LogP contribution in [0, 0.1) is 6.92 Å². The van der Waals surface area contributed by atoms with Crippen LogP contribution < -0.4 is 10.2 Å². The van der Waals surface area contributed by atoms with Crippen molar-refractivity contribution < 1.29 is 0 Å². The smallest absolute Gasteiger partial charge is 0.194 e. The van der Waals surface area contributed by atoms with Crippen molar-refractivity contribution in [1.82, 2.24) is 15.2 Å². The second kappa shape index (κ2) is 9.96. The Balaban J connectivity index is 0.00000225. The summed E-state index contributed by atoms with van der Waals surface area (Å²) in [6, 6.07) is 10.6. The van der Waals surface area contributed by atoms with Crippen molar-refractivity contribution in [3.8, 4) is 0 Å². The van der Waals surface area contributed by atoms with E-state index < -0.39 is 0 Å². The second-order valence-corrected chi connectivity index (χ2v) is 7.16. The number of piperazine rings is 1. The van der Waals surface area contributed by atoms with Crippen molar-refractivity contribution in [2.24, 2.45) is 4.99 Å². The van der Waals surface area contributed by atoms with Crippen LogP contribution >= 0.6 is 35.3 Å². The maximum atomic E-state index is 4.78. The number of nitrogens with one attached hydrogen (secondary N) is 1. The average molecular weight is 471 g/mol. The first kappa shape index (κ1) is 20.0. The molecule has 1 aliphatic rings. The Kier molecular flexibility index (Phi) is 7.95. The maximum absolute atomic E-state index is 4.78. The molecule has 1 saturated heterocycles. The molecule has 1 aromatic carbocycles. The molecule has 1 aliphatic heterocycles. The summed E-state index contributed by atoms with van der Waals surface area (Å²) in [7, 11) is 0. The minimum Gasteiger partial charge on any atom is -0.368 e. The third-order valence-corrected chi connectivity index (χ3v) is 4.97. The number of para-hydroxylation sites is 1. The molecule has 25 heavy (non-hydrogen) atoms. The molecule has 0 spiro atoms. The van der Waals surface area contributed by atoms with Gasteiger partial charge in [-0.1, -0.05) is 18.2 Å². The van der Waals surface area contributed by atoms with Gasteiger partial charge in [0.25, 0.3) is 0 Å². The monoisotopic (exact) mass is 471 g/mol. The second-order valence-electron chi connectivity index (χ2n) is 5.84. The summed E-state index contributed by atoms with van der Waals surface area (Å²) in [6.07, 6.45) is 1.92. The van der Waals surface area contributed by atoms with E-state index in [9.17, 15) is 0 Å². The topological polar surface area (TPSA) is 43.8 Å². The fraction of sp³-hybridized carbons (Fsp3) is 0.444. The zero-order valence-electron chi connectivity index (χ0n) is 14.8. The molecule has 2 heterocycles. The standard InChI is InChI=1S/C18H25N5S.HI/c1-3-19-18(21-14-17-20-13-15(2)24-17)23-11-9-22(10-12-23)16-7-5-4-6-8-16;/h4-8,13H,3,9-12,14H2,1-2H3,(H,19,21);1H. The number of hydrogen-bond donors (Lipinski definition) is 1. The SMILES string of the molecule is CCNC(=NCc1ncc(C)s1)N1CCN(c2ccccc2)CC1.I. The van der Waals surface area contributed by atoms with Crippen LogP contribution in [0.25, 0.3) is 0 Å². The number of thiazole rings is 1. The molecule has 7 heteroatoms. The number of aromatic nitrogens is 1. The largest absolute Gasteiger partial charge is 0.368 e. The van der Waals surface area contributed by atoms with Crippen LogP contribution in [0.2, 0.25) is 0 Å². The Bertz CT molecular complexity index is 665. The highest BCUT2D eigenvalue weighted by atomic mass is 127. The molecule has 5 nitrogen and oxygen atoms in total. The zero-order valence-corrected chi connectivity index (χ0v) is 18.0. The van der Waals surface area contributed by atoms with Crippen molar-refractivity contribution in [3.05, 3.63) is 46.4 Å². The lowest BCUT2D eigenvalue weighted by Crippen LogP contribution is -2.52. The first-order chi connectivity index (χ1) is 11.8. The molecule has 1 fully saturated rings. The summed E-state index contributed by atoms with van der Waals surface area (Å²) in [4.78, 5) is 15.2. The Morgan fingerprint density at radius 2 is 1.92 bits per heavy atom. The van der Waals surface area contributed by atoms with Gasteiger partial charge < -0.3 is 15.1 Å². The molecular weight excluding hydrogens is 445 g/mol. The number of guanidine groups is 1. The lowest BCUT2D eigenvalue weighted by atomic mass is 10.2. The minimum atomic E-state index is 0. The van der Waals surface area contributed by atoms with Gasteiger partial charge in [-0.2, -0.15) is 0 Å². The third kappa shape index (κ3) is 5.57. The van der Waals surface area contributed by atoms with Crippen LogP contribution in [-0.4, -0.2) is 48.6 Å². The third-order valence-electron chi connectivity index (χ3n) is 4.07. The summed E-state index contributed by atoms with van der Waals surface area (Å²) < 4.78 is 0. The van der Waals surface area contributed by atoms with Crippen molar-refractivity contribution in [1.29, 1.82) is 0 Å². The number of hydrogen-bond acceptors (Lipinski definition) is 4. The Morgan fingerprint density at radius 3 is 2.52 bits per heavy atom. The molecule has 0 radical (unpaired) electrons. The summed E-state index contributed by atoms with van der Waals surface area (Å²) >= 11 is 1.72. The van der Waals surface area contributed by atoms with Crippen molar-refractivity contribution >= 4 is 47.0 Å². The first-order valence-corrected chi connectivity index (χ1v) is 9.32. The van der Waals surface area contributed by atoms with Crippen molar-refractivity contribution in [3.63, 3.8) is 0 Å². The quantitative estimate of drug-likeness (QED) is 0.422. The molecule has 136 valence electrons. The molecule has 3 rings (SSSR count). The predicted molar refractivity (Wildman–Crippen MR) is 117 cm³/mol. The van der Waals surface area contributed by atoms with Gasteiger partial charge in [-0.15, -0.1) is 35.3 Å². The predicted octanol–water partition coefficient (Wildman–Crippen LogP) is 3.36. The van der Waals surface area contributed by atoms with Crippen LogP contribution in [0.5, 0.6) is 0 Å². The van der Waals surface area contributed by atoms with Gasteiger partial charge in [0.05, 0.1) is 6.54 Å². The van der Waals surface area contributed by atoms with Crippen LogP contribution in [0.4, 0.5) is 5.69 Å². The summed E-state index contributed by atoms with van der Waals surface area (Å²) in [6.45, 7) is 9.74. The number of halogens is 1. The van der Waals surface area contributed by atoms with E-state index in [1.165, 1.54) is 10.6 Å². The Labute approximate surface area is 171 Å². The number of anilines is 1. The summed E-state index contributed by atoms with van der Waals surface area (Å²) in [5.41, 5.74) is 1.30. The van der Waals surface area contributed by atoms with Gasteiger partial charge in [-0.3, -0.25) is 0 Å². The molecule has 0 saturated carbocycles. The first-order valence-electron chi connectivity index (χ1n) is 8.51. The molecule has 0 atom stereocenters.